The quantitative estimate of drug-likeness (QED) is 0.628. The maximum absolute atomic E-state index is 12.1. The van der Waals surface area contributed by atoms with Gasteiger partial charge in [0.15, 0.2) is 11.4 Å². The summed E-state index contributed by atoms with van der Waals surface area (Å²) in [6.45, 7) is 0. The topological polar surface area (TPSA) is 77.3 Å². The Morgan fingerprint density at radius 2 is 0.958 bits per heavy atom. The molecule has 0 aromatic heterocycles. The fourth-order valence-electron chi connectivity index (χ4n) is 2.32. The number of hydrogen-bond donors (Lipinski definition) is 0. The largest absolute Gasteiger partial charge is 0.402 e. The summed E-state index contributed by atoms with van der Waals surface area (Å²) in [5.41, 5.74) is 0.981. The Morgan fingerprint density at radius 1 is 0.583 bits per heavy atom. The number of aliphatic imine (C=N–C) groups is 2. The highest BCUT2D eigenvalue weighted by molar-refractivity contribution is 6.18. The van der Waals surface area contributed by atoms with E-state index in [1.54, 1.807) is 48.5 Å². The van der Waals surface area contributed by atoms with Crippen LogP contribution < -0.4 is 0 Å². The Kier molecular flexibility index (Phi) is 3.28. The summed E-state index contributed by atoms with van der Waals surface area (Å²) in [6.07, 6.45) is 0. The third kappa shape index (κ3) is 2.40. The second kappa shape index (κ2) is 5.58. The van der Waals surface area contributed by atoms with Gasteiger partial charge in [0.2, 0.25) is 11.8 Å². The summed E-state index contributed by atoms with van der Waals surface area (Å²) >= 11 is 0. The molecule has 0 fully saturated rings. The highest BCUT2D eigenvalue weighted by atomic mass is 16.6. The van der Waals surface area contributed by atoms with Crippen LogP contribution in [-0.4, -0.2) is 23.7 Å². The van der Waals surface area contributed by atoms with Gasteiger partial charge >= 0.3 is 11.9 Å². The van der Waals surface area contributed by atoms with Gasteiger partial charge in [-0.25, -0.2) is 19.6 Å². The predicted molar refractivity (Wildman–Crippen MR) is 85.2 cm³/mol. The first-order chi connectivity index (χ1) is 11.7. The lowest BCUT2D eigenvalue weighted by Crippen LogP contribution is -2.08. The fourth-order valence-corrected chi connectivity index (χ4v) is 2.32. The maximum Gasteiger partial charge on any atom is 0.366 e. The second-order valence-corrected chi connectivity index (χ2v) is 5.04. The molecule has 0 saturated heterocycles. The van der Waals surface area contributed by atoms with Crippen molar-refractivity contribution in [3.05, 3.63) is 83.2 Å². The zero-order valence-electron chi connectivity index (χ0n) is 12.3. The summed E-state index contributed by atoms with van der Waals surface area (Å²) in [5.74, 6) is -1.17. The van der Waals surface area contributed by atoms with Gasteiger partial charge in [0.25, 0.3) is 0 Å². The highest BCUT2D eigenvalue weighted by Crippen LogP contribution is 2.25. The van der Waals surface area contributed by atoms with Gasteiger partial charge in [-0.3, -0.25) is 0 Å². The Hall–Kier alpha value is -3.54. The molecule has 4 rings (SSSR count). The van der Waals surface area contributed by atoms with Crippen molar-refractivity contribution in [3.63, 3.8) is 0 Å². The molecule has 2 heterocycles. The van der Waals surface area contributed by atoms with Gasteiger partial charge in [-0.05, 0) is 24.3 Å². The van der Waals surface area contributed by atoms with Crippen molar-refractivity contribution in [3.8, 4) is 0 Å². The van der Waals surface area contributed by atoms with Crippen molar-refractivity contribution in [1.82, 2.24) is 0 Å². The summed E-state index contributed by atoms with van der Waals surface area (Å²) in [6, 6.07) is 17.9. The molecule has 2 aromatic rings. The van der Waals surface area contributed by atoms with Crippen LogP contribution in [0.5, 0.6) is 0 Å². The Bertz CT molecular complexity index is 851. The highest BCUT2D eigenvalue weighted by Gasteiger charge is 2.35. The van der Waals surface area contributed by atoms with Crippen LogP contribution in [0.15, 0.2) is 82.0 Å². The summed E-state index contributed by atoms with van der Waals surface area (Å²) in [5, 5.41) is 0. The lowest BCUT2D eigenvalue weighted by atomic mass is 10.2. The van der Waals surface area contributed by atoms with E-state index in [2.05, 4.69) is 9.98 Å². The molecular formula is C18H10N2O4. The fraction of sp³-hybridized carbons (Fsp3) is 0. The van der Waals surface area contributed by atoms with Crippen molar-refractivity contribution in [2.75, 3.05) is 0 Å². The van der Waals surface area contributed by atoms with E-state index in [1.165, 1.54) is 0 Å². The summed E-state index contributed by atoms with van der Waals surface area (Å²) in [7, 11) is 0. The molecule has 0 spiro atoms. The molecule has 0 atom stereocenters. The average Bonchev–Trinajstić information content (AvgIpc) is 3.19. The molecule has 0 saturated carbocycles. The smallest absolute Gasteiger partial charge is 0.366 e. The minimum atomic E-state index is -0.723. The number of ether oxygens (including phenoxy) is 2. The summed E-state index contributed by atoms with van der Waals surface area (Å²) < 4.78 is 10.3. The van der Waals surface area contributed by atoms with Gasteiger partial charge in [-0.1, -0.05) is 36.4 Å². The third-order valence-electron chi connectivity index (χ3n) is 3.46. The van der Waals surface area contributed by atoms with Gasteiger partial charge in [0.05, 0.1) is 0 Å². The van der Waals surface area contributed by atoms with Crippen LogP contribution in [-0.2, 0) is 19.1 Å². The number of nitrogens with zero attached hydrogens (tertiary/aromatic N) is 2. The summed E-state index contributed by atoms with van der Waals surface area (Å²) in [4.78, 5) is 32.4. The molecule has 0 radical (unpaired) electrons. The maximum atomic E-state index is 12.1. The molecule has 0 amide bonds. The number of carbonyl (C=O) groups is 2. The van der Waals surface area contributed by atoms with E-state index in [4.69, 9.17) is 9.47 Å². The van der Waals surface area contributed by atoms with Gasteiger partial charge in [0.1, 0.15) is 0 Å². The lowest BCUT2D eigenvalue weighted by molar-refractivity contribution is -0.132. The van der Waals surface area contributed by atoms with Crippen LogP contribution in [0.2, 0.25) is 0 Å². The van der Waals surface area contributed by atoms with E-state index in [0.29, 0.717) is 11.1 Å². The zero-order valence-corrected chi connectivity index (χ0v) is 12.3. The van der Waals surface area contributed by atoms with Gasteiger partial charge in [-0.15, -0.1) is 0 Å². The standard InChI is InChI=1S/C18H10N2O4/c21-17-13(19-15(23-17)11-7-3-1-4-8-11)14-18(22)24-16(20-14)12-9-5-2-6-10-12/h1-10H. The number of benzene rings is 2. The van der Waals surface area contributed by atoms with Crippen molar-refractivity contribution >= 4 is 23.7 Å². The van der Waals surface area contributed by atoms with Gasteiger partial charge in [0, 0.05) is 11.1 Å². The number of cyclic esters (lactones) is 2. The molecule has 0 aliphatic carbocycles. The Balaban J connectivity index is 1.76. The van der Waals surface area contributed by atoms with E-state index < -0.39 is 11.9 Å². The minimum Gasteiger partial charge on any atom is -0.402 e. The van der Waals surface area contributed by atoms with Crippen LogP contribution in [0.4, 0.5) is 0 Å². The molecule has 116 valence electrons. The van der Waals surface area contributed by atoms with E-state index >= 15 is 0 Å². The Morgan fingerprint density at radius 3 is 1.33 bits per heavy atom. The Labute approximate surface area is 136 Å². The predicted octanol–water partition coefficient (Wildman–Crippen LogP) is 2.21. The molecule has 6 nitrogen and oxygen atoms in total. The number of rotatable bonds is 2. The molecular weight excluding hydrogens is 308 g/mol. The normalized spacial score (nSPS) is 19.7. The van der Waals surface area contributed by atoms with Crippen LogP contribution in [0.3, 0.4) is 0 Å². The number of carbonyl (C=O) groups excluding carboxylic acids is 2. The van der Waals surface area contributed by atoms with Gasteiger partial charge < -0.3 is 9.47 Å². The first-order valence-corrected chi connectivity index (χ1v) is 7.19. The first kappa shape index (κ1) is 14.1. The van der Waals surface area contributed by atoms with Gasteiger partial charge in [-0.2, -0.15) is 0 Å². The number of hydrogen-bond acceptors (Lipinski definition) is 6. The van der Waals surface area contributed by atoms with Crippen LogP contribution in [0.1, 0.15) is 11.1 Å². The van der Waals surface area contributed by atoms with E-state index in [1.807, 2.05) is 12.1 Å². The van der Waals surface area contributed by atoms with Crippen molar-refractivity contribution < 1.29 is 19.1 Å². The lowest BCUT2D eigenvalue weighted by Gasteiger charge is -1.97. The first-order valence-electron chi connectivity index (χ1n) is 7.19. The van der Waals surface area contributed by atoms with Crippen molar-refractivity contribution in [1.29, 1.82) is 0 Å². The van der Waals surface area contributed by atoms with Crippen molar-refractivity contribution in [2.24, 2.45) is 9.98 Å². The molecule has 24 heavy (non-hydrogen) atoms. The zero-order chi connectivity index (χ0) is 16.5. The monoisotopic (exact) mass is 318 g/mol. The molecule has 0 N–H and O–H groups in total. The van der Waals surface area contributed by atoms with E-state index in [9.17, 15) is 9.59 Å². The van der Waals surface area contributed by atoms with Crippen LogP contribution in [0.25, 0.3) is 0 Å². The van der Waals surface area contributed by atoms with Crippen molar-refractivity contribution in [2.45, 2.75) is 0 Å². The molecule has 2 aromatic carbocycles. The van der Waals surface area contributed by atoms with Crippen LogP contribution in [0, 0.1) is 0 Å². The number of esters is 2. The third-order valence-corrected chi connectivity index (χ3v) is 3.46. The SMILES string of the molecule is O=C1OC(c2ccccc2)=NC1=C1N=C(c2ccccc2)OC1=O. The second-order valence-electron chi connectivity index (χ2n) is 5.04. The van der Waals surface area contributed by atoms with E-state index in [-0.39, 0.29) is 23.2 Å². The molecule has 2 aliphatic rings. The van der Waals surface area contributed by atoms with Crippen LogP contribution >= 0.6 is 0 Å². The minimum absolute atomic E-state index is 0.138. The molecule has 2 aliphatic heterocycles. The average molecular weight is 318 g/mol. The molecule has 0 bridgehead atoms. The molecule has 6 heteroatoms. The molecule has 0 unspecified atom stereocenters. The van der Waals surface area contributed by atoms with E-state index in [0.717, 1.165) is 0 Å².